The highest BCUT2D eigenvalue weighted by molar-refractivity contribution is 8.00. The third-order valence-electron chi connectivity index (χ3n) is 5.39. The molecule has 30 heavy (non-hydrogen) atoms. The Balaban J connectivity index is 1.58. The summed E-state index contributed by atoms with van der Waals surface area (Å²) in [6.07, 6.45) is 0. The van der Waals surface area contributed by atoms with Gasteiger partial charge in [0.2, 0.25) is 11.8 Å². The van der Waals surface area contributed by atoms with Crippen LogP contribution in [0.2, 0.25) is 0 Å². The van der Waals surface area contributed by atoms with Crippen LogP contribution in [0.5, 0.6) is 5.75 Å². The second-order valence-corrected chi connectivity index (χ2v) is 9.27. The Labute approximate surface area is 180 Å². The van der Waals surface area contributed by atoms with Gasteiger partial charge < -0.3 is 9.72 Å². The molecule has 152 valence electrons. The van der Waals surface area contributed by atoms with Crippen molar-refractivity contribution in [3.05, 3.63) is 74.7 Å². The summed E-state index contributed by atoms with van der Waals surface area (Å²) in [7, 11) is 0. The number of imide groups is 1. The Kier molecular flexibility index (Phi) is 4.75. The van der Waals surface area contributed by atoms with E-state index in [1.807, 2.05) is 37.3 Å². The molecule has 3 heterocycles. The molecule has 1 N–H and O–H groups in total. The van der Waals surface area contributed by atoms with Crippen molar-refractivity contribution < 1.29 is 14.3 Å². The zero-order valence-corrected chi connectivity index (χ0v) is 17.7. The number of ether oxygens (including phenoxy) is 1. The van der Waals surface area contributed by atoms with E-state index in [-0.39, 0.29) is 22.6 Å². The largest absolute Gasteiger partial charge is 0.494 e. The molecule has 0 unspecified atom stereocenters. The molecule has 6 nitrogen and oxygen atoms in total. The minimum atomic E-state index is -0.577. The summed E-state index contributed by atoms with van der Waals surface area (Å²) in [6.45, 7) is 2.44. The SMILES string of the molecule is CCOc1ccc(N2C(=O)[C@@H]3[C@@H](c4ccccc4)c4sc(=O)[nH]c4S[C@@H]3C2=O)cc1. The number of aromatic nitrogens is 1. The Morgan fingerprint density at radius 2 is 1.73 bits per heavy atom. The fourth-order valence-corrected chi connectivity index (χ4v) is 6.66. The van der Waals surface area contributed by atoms with Gasteiger partial charge >= 0.3 is 4.87 Å². The van der Waals surface area contributed by atoms with Gasteiger partial charge in [0.25, 0.3) is 0 Å². The molecule has 0 bridgehead atoms. The molecule has 0 radical (unpaired) electrons. The highest BCUT2D eigenvalue weighted by Gasteiger charge is 2.56. The zero-order valence-electron chi connectivity index (χ0n) is 16.0. The van der Waals surface area contributed by atoms with Crippen LogP contribution in [0.15, 0.2) is 64.4 Å². The first kappa shape index (κ1) is 19.1. The molecule has 5 rings (SSSR count). The van der Waals surface area contributed by atoms with Crippen LogP contribution in [0.25, 0.3) is 0 Å². The molecule has 0 spiro atoms. The summed E-state index contributed by atoms with van der Waals surface area (Å²) in [5.41, 5.74) is 1.46. The molecule has 0 aliphatic carbocycles. The summed E-state index contributed by atoms with van der Waals surface area (Å²) < 4.78 is 5.46. The van der Waals surface area contributed by atoms with E-state index >= 15 is 0 Å². The number of benzene rings is 2. The number of carbonyl (C=O) groups is 2. The predicted molar refractivity (Wildman–Crippen MR) is 116 cm³/mol. The van der Waals surface area contributed by atoms with Gasteiger partial charge in [-0.15, -0.1) is 0 Å². The fourth-order valence-electron chi connectivity index (χ4n) is 4.15. The number of thiazole rings is 1. The summed E-state index contributed by atoms with van der Waals surface area (Å²) in [5, 5.41) is 0.113. The number of hydrogen-bond acceptors (Lipinski definition) is 6. The number of carbonyl (C=O) groups excluding carboxylic acids is 2. The average molecular weight is 439 g/mol. The third kappa shape index (κ3) is 2.98. The maximum Gasteiger partial charge on any atom is 0.305 e. The van der Waals surface area contributed by atoms with Gasteiger partial charge in [0.05, 0.1) is 23.2 Å². The average Bonchev–Trinajstić information content (AvgIpc) is 3.24. The van der Waals surface area contributed by atoms with E-state index in [1.165, 1.54) is 16.7 Å². The van der Waals surface area contributed by atoms with Crippen LogP contribution in [-0.4, -0.2) is 28.7 Å². The number of hydrogen-bond donors (Lipinski definition) is 1. The van der Waals surface area contributed by atoms with Gasteiger partial charge in [-0.25, -0.2) is 4.90 Å². The number of rotatable bonds is 4. The number of H-pyrrole nitrogens is 1. The first-order chi connectivity index (χ1) is 14.6. The number of nitrogens with zero attached hydrogens (tertiary/aromatic N) is 1. The minimum Gasteiger partial charge on any atom is -0.494 e. The van der Waals surface area contributed by atoms with Crippen molar-refractivity contribution in [2.24, 2.45) is 5.92 Å². The molecule has 3 atom stereocenters. The summed E-state index contributed by atoms with van der Waals surface area (Å²) in [5.74, 6) is -0.690. The smallest absolute Gasteiger partial charge is 0.305 e. The van der Waals surface area contributed by atoms with Crippen molar-refractivity contribution in [3.63, 3.8) is 0 Å². The van der Waals surface area contributed by atoms with Gasteiger partial charge in [0.1, 0.15) is 11.0 Å². The lowest BCUT2D eigenvalue weighted by atomic mass is 9.83. The van der Waals surface area contributed by atoms with Gasteiger partial charge in [-0.3, -0.25) is 14.4 Å². The van der Waals surface area contributed by atoms with Gasteiger partial charge in [-0.2, -0.15) is 0 Å². The van der Waals surface area contributed by atoms with E-state index in [1.54, 1.807) is 24.3 Å². The first-order valence-electron chi connectivity index (χ1n) is 9.63. The Hall–Kier alpha value is -2.84. The van der Waals surface area contributed by atoms with Crippen LogP contribution in [0, 0.1) is 5.92 Å². The van der Waals surface area contributed by atoms with E-state index < -0.39 is 11.2 Å². The molecule has 1 aromatic heterocycles. The fraction of sp³-hybridized carbons (Fsp3) is 0.227. The van der Waals surface area contributed by atoms with Crippen LogP contribution < -0.4 is 14.5 Å². The number of fused-ring (bicyclic) bond motifs is 2. The van der Waals surface area contributed by atoms with Gasteiger partial charge in [-0.1, -0.05) is 53.4 Å². The molecule has 3 aromatic rings. The van der Waals surface area contributed by atoms with Gasteiger partial charge in [-0.05, 0) is 36.8 Å². The van der Waals surface area contributed by atoms with E-state index in [2.05, 4.69) is 4.98 Å². The molecule has 2 amide bonds. The van der Waals surface area contributed by atoms with Crippen molar-refractivity contribution in [2.75, 3.05) is 11.5 Å². The van der Waals surface area contributed by atoms with Crippen molar-refractivity contribution in [3.8, 4) is 5.75 Å². The topological polar surface area (TPSA) is 79.5 Å². The summed E-state index contributed by atoms with van der Waals surface area (Å²) in [6, 6.07) is 16.6. The summed E-state index contributed by atoms with van der Waals surface area (Å²) in [4.78, 5) is 43.7. The van der Waals surface area contributed by atoms with Crippen LogP contribution in [0.3, 0.4) is 0 Å². The van der Waals surface area contributed by atoms with E-state index in [0.29, 0.717) is 23.1 Å². The lowest BCUT2D eigenvalue weighted by Gasteiger charge is -2.29. The maximum absolute atomic E-state index is 13.5. The predicted octanol–water partition coefficient (Wildman–Crippen LogP) is 3.63. The molecular formula is C22H18N2O4S2. The van der Waals surface area contributed by atoms with Crippen molar-refractivity contribution in [1.29, 1.82) is 0 Å². The van der Waals surface area contributed by atoms with Crippen molar-refractivity contribution in [1.82, 2.24) is 4.98 Å². The molecule has 2 aliphatic heterocycles. The van der Waals surface area contributed by atoms with Crippen molar-refractivity contribution in [2.45, 2.75) is 23.1 Å². The second-order valence-electron chi connectivity index (χ2n) is 7.10. The monoisotopic (exact) mass is 438 g/mol. The third-order valence-corrected chi connectivity index (χ3v) is 7.79. The lowest BCUT2D eigenvalue weighted by molar-refractivity contribution is -0.122. The Morgan fingerprint density at radius 3 is 2.43 bits per heavy atom. The lowest BCUT2D eigenvalue weighted by Crippen LogP contribution is -2.32. The Bertz CT molecular complexity index is 1170. The normalized spacial score (nSPS) is 22.7. The number of thioether (sulfide) groups is 1. The molecule has 8 heteroatoms. The molecule has 2 aromatic carbocycles. The molecule has 1 saturated heterocycles. The zero-order chi connectivity index (χ0) is 20.8. The Morgan fingerprint density at radius 1 is 1.00 bits per heavy atom. The van der Waals surface area contributed by atoms with Crippen LogP contribution in [0.1, 0.15) is 23.3 Å². The van der Waals surface area contributed by atoms with E-state index in [9.17, 15) is 14.4 Å². The quantitative estimate of drug-likeness (QED) is 0.630. The standard InChI is InChI=1S/C22H18N2O4S2/c1-2-28-14-10-8-13(9-11-14)24-20(25)16-15(12-6-4-3-5-7-12)17-19(23-22(27)30-17)29-18(16)21(24)26/h3-11,15-16,18H,2H2,1H3,(H,23,27)/t15-,16-,18+/m1/s1. The molecular weight excluding hydrogens is 420 g/mol. The highest BCUT2D eigenvalue weighted by atomic mass is 32.2. The molecule has 0 saturated carbocycles. The maximum atomic E-state index is 13.5. The van der Waals surface area contributed by atoms with Crippen LogP contribution in [-0.2, 0) is 9.59 Å². The second kappa shape index (κ2) is 7.45. The number of nitrogens with one attached hydrogen (secondary N) is 1. The van der Waals surface area contributed by atoms with Crippen molar-refractivity contribution >= 4 is 40.6 Å². The molecule has 1 fully saturated rings. The minimum absolute atomic E-state index is 0.170. The number of aromatic amines is 1. The van der Waals surface area contributed by atoms with Gasteiger partial charge in [0, 0.05) is 10.8 Å². The number of anilines is 1. The first-order valence-corrected chi connectivity index (χ1v) is 11.3. The van der Waals surface area contributed by atoms with Gasteiger partial charge in [0.15, 0.2) is 0 Å². The van der Waals surface area contributed by atoms with Crippen LogP contribution in [0.4, 0.5) is 5.69 Å². The molecule has 2 aliphatic rings. The highest BCUT2D eigenvalue weighted by Crippen LogP contribution is 2.53. The van der Waals surface area contributed by atoms with E-state index in [4.69, 9.17) is 4.74 Å². The summed E-state index contributed by atoms with van der Waals surface area (Å²) >= 11 is 2.41. The van der Waals surface area contributed by atoms with E-state index in [0.717, 1.165) is 21.8 Å². The van der Waals surface area contributed by atoms with Crippen LogP contribution >= 0.6 is 23.1 Å². The number of amides is 2.